The second kappa shape index (κ2) is 9.23. The summed E-state index contributed by atoms with van der Waals surface area (Å²) in [5.74, 6) is -0.937. The number of carbonyl (C=O) groups is 2. The zero-order chi connectivity index (χ0) is 23.5. The van der Waals surface area contributed by atoms with Gasteiger partial charge in [0.05, 0.1) is 31.4 Å². The Bertz CT molecular complexity index is 1110. The van der Waals surface area contributed by atoms with Crippen molar-refractivity contribution in [3.8, 4) is 12.1 Å². The molecule has 33 heavy (non-hydrogen) atoms. The van der Waals surface area contributed by atoms with Crippen LogP contribution in [0.25, 0.3) is 0 Å². The molecule has 3 heterocycles. The molecule has 4 N–H and O–H groups in total. The van der Waals surface area contributed by atoms with E-state index in [2.05, 4.69) is 26.0 Å². The number of ether oxygens (including phenoxy) is 2. The number of hydrogen-bond acceptors (Lipinski definition) is 11. The van der Waals surface area contributed by atoms with Crippen LogP contribution in [-0.2, 0) is 4.74 Å². The predicted molar refractivity (Wildman–Crippen MR) is 115 cm³/mol. The monoisotopic (exact) mass is 452 g/mol. The molecule has 1 saturated heterocycles. The summed E-state index contributed by atoms with van der Waals surface area (Å²) in [5.41, 5.74) is 12.2. The normalized spacial score (nSPS) is 20.1. The van der Waals surface area contributed by atoms with Gasteiger partial charge in [-0.1, -0.05) is 0 Å². The fourth-order valence-electron chi connectivity index (χ4n) is 3.79. The number of amides is 1. The molecule has 0 spiro atoms. The van der Waals surface area contributed by atoms with Gasteiger partial charge in [-0.2, -0.15) is 20.2 Å². The summed E-state index contributed by atoms with van der Waals surface area (Å²) in [6.45, 7) is 1.48. The number of nitrogens with zero attached hydrogens (tertiary/aromatic N) is 6. The zero-order valence-electron chi connectivity index (χ0n) is 18.1. The minimum absolute atomic E-state index is 0.0116. The average Bonchev–Trinajstić information content (AvgIpc) is 3.61. The van der Waals surface area contributed by atoms with Crippen LogP contribution in [0, 0.1) is 23.2 Å². The highest BCUT2D eigenvalue weighted by Crippen LogP contribution is 2.37. The number of piperidine rings is 1. The Kier molecular flexibility index (Phi) is 6.21. The van der Waals surface area contributed by atoms with E-state index in [1.165, 1.54) is 7.11 Å². The van der Waals surface area contributed by atoms with E-state index < -0.39 is 11.9 Å². The van der Waals surface area contributed by atoms with Crippen molar-refractivity contribution in [2.24, 2.45) is 17.6 Å². The van der Waals surface area contributed by atoms with Gasteiger partial charge in [-0.15, -0.1) is 0 Å². The van der Waals surface area contributed by atoms with Crippen molar-refractivity contribution in [1.29, 1.82) is 5.26 Å². The predicted octanol–water partition coefficient (Wildman–Crippen LogP) is 0.657. The van der Waals surface area contributed by atoms with Crippen LogP contribution in [0.1, 0.15) is 52.0 Å². The molecule has 2 atom stereocenters. The Morgan fingerprint density at radius 1 is 1.21 bits per heavy atom. The first-order valence-corrected chi connectivity index (χ1v) is 10.6. The molecule has 0 radical (unpaired) electrons. The molecule has 1 amide bonds. The Morgan fingerprint density at radius 3 is 2.61 bits per heavy atom. The molecule has 12 nitrogen and oxygen atoms in total. The third kappa shape index (κ3) is 4.92. The lowest BCUT2D eigenvalue weighted by atomic mass is 9.93. The molecular weight excluding hydrogens is 428 g/mol. The number of hydrogen-bond donors (Lipinski definition) is 2. The number of pyridine rings is 1. The van der Waals surface area contributed by atoms with Crippen molar-refractivity contribution in [2.45, 2.75) is 25.2 Å². The molecule has 1 aliphatic heterocycles. The number of anilines is 2. The molecule has 0 bridgehead atoms. The number of nitriles is 1. The second-order valence-corrected chi connectivity index (χ2v) is 8.08. The van der Waals surface area contributed by atoms with Crippen LogP contribution in [0.15, 0.2) is 12.1 Å². The number of rotatable bonds is 7. The topological polar surface area (TPSA) is 183 Å². The number of nitrogen functional groups attached to an aromatic ring is 1. The first kappa shape index (κ1) is 22.2. The summed E-state index contributed by atoms with van der Waals surface area (Å²) in [5, 5.41) is 8.95. The number of esters is 1. The molecule has 2 aromatic heterocycles. The van der Waals surface area contributed by atoms with E-state index in [0.717, 1.165) is 25.0 Å². The van der Waals surface area contributed by atoms with Crippen molar-refractivity contribution in [1.82, 2.24) is 19.9 Å². The minimum atomic E-state index is -0.690. The van der Waals surface area contributed by atoms with Gasteiger partial charge in [-0.3, -0.25) is 4.79 Å². The van der Waals surface area contributed by atoms with Crippen molar-refractivity contribution in [3.05, 3.63) is 29.3 Å². The Morgan fingerprint density at radius 2 is 1.97 bits per heavy atom. The largest absolute Gasteiger partial charge is 0.463 e. The maximum Gasteiger partial charge on any atom is 0.376 e. The Balaban J connectivity index is 1.47. The number of carbonyl (C=O) groups excluding carboxylic acids is 2. The second-order valence-electron chi connectivity index (χ2n) is 8.08. The first-order chi connectivity index (χ1) is 15.9. The van der Waals surface area contributed by atoms with E-state index in [1.807, 2.05) is 4.90 Å². The van der Waals surface area contributed by atoms with Gasteiger partial charge in [0.25, 0.3) is 5.91 Å². The SMILES string of the molecule is COC(=O)c1nc(OC[C@H]2C[C@H]2C#N)nc(N2CCC(c3ccc(N)c(C(N)=O)n3)CC2)n1. The maximum absolute atomic E-state index is 12.1. The van der Waals surface area contributed by atoms with Crippen molar-refractivity contribution in [3.63, 3.8) is 0 Å². The number of primary amides is 1. The van der Waals surface area contributed by atoms with Crippen LogP contribution in [0.3, 0.4) is 0 Å². The molecule has 2 aliphatic rings. The number of aromatic nitrogens is 4. The quantitative estimate of drug-likeness (QED) is 0.562. The molecule has 2 fully saturated rings. The lowest BCUT2D eigenvalue weighted by molar-refractivity contribution is 0.0584. The van der Waals surface area contributed by atoms with Crippen molar-refractivity contribution < 1.29 is 19.1 Å². The zero-order valence-corrected chi connectivity index (χ0v) is 18.1. The fraction of sp³-hybridized carbons (Fsp3) is 0.476. The van der Waals surface area contributed by atoms with Crippen LogP contribution >= 0.6 is 0 Å². The van der Waals surface area contributed by atoms with E-state index in [0.29, 0.717) is 25.6 Å². The van der Waals surface area contributed by atoms with Crippen LogP contribution < -0.4 is 21.1 Å². The lowest BCUT2D eigenvalue weighted by Gasteiger charge is -2.32. The lowest BCUT2D eigenvalue weighted by Crippen LogP contribution is -2.35. The van der Waals surface area contributed by atoms with Gasteiger partial charge >= 0.3 is 12.0 Å². The summed E-state index contributed by atoms with van der Waals surface area (Å²) in [6, 6.07) is 5.68. The van der Waals surface area contributed by atoms with Gasteiger partial charge in [0.1, 0.15) is 0 Å². The summed E-state index contributed by atoms with van der Waals surface area (Å²) >= 11 is 0. The molecule has 1 saturated carbocycles. The highest BCUT2D eigenvalue weighted by atomic mass is 16.5. The highest BCUT2D eigenvalue weighted by Gasteiger charge is 2.38. The standard InChI is InChI=1S/C21H24N8O4/c1-32-19(31)18-26-20(28-21(27-18)33-10-13-8-12(13)9-22)29-6-4-11(5-7-29)15-3-2-14(23)16(25-15)17(24)30/h2-3,11-13H,4-8,10,23H2,1H3,(H2,24,30)/t12-,13+/m0/s1. The Hall–Kier alpha value is -4.01. The van der Waals surface area contributed by atoms with E-state index >= 15 is 0 Å². The maximum atomic E-state index is 12.1. The van der Waals surface area contributed by atoms with Crippen LogP contribution in [0.5, 0.6) is 6.01 Å². The van der Waals surface area contributed by atoms with Crippen molar-refractivity contribution >= 4 is 23.5 Å². The molecule has 2 aromatic rings. The third-order valence-electron chi connectivity index (χ3n) is 5.86. The van der Waals surface area contributed by atoms with Gasteiger partial charge in [0.2, 0.25) is 11.8 Å². The molecule has 0 aromatic carbocycles. The number of methoxy groups -OCH3 is 1. The van der Waals surface area contributed by atoms with E-state index in [1.54, 1.807) is 12.1 Å². The summed E-state index contributed by atoms with van der Waals surface area (Å²) in [6.07, 6.45) is 2.22. The van der Waals surface area contributed by atoms with E-state index in [-0.39, 0.29) is 41.0 Å². The van der Waals surface area contributed by atoms with E-state index in [4.69, 9.17) is 26.2 Å². The molecular formula is C21H24N8O4. The van der Waals surface area contributed by atoms with Gasteiger partial charge in [-0.05, 0) is 31.4 Å². The van der Waals surface area contributed by atoms with Crippen molar-refractivity contribution in [2.75, 3.05) is 37.4 Å². The van der Waals surface area contributed by atoms with Crippen LogP contribution in [0.2, 0.25) is 0 Å². The fourth-order valence-corrected chi connectivity index (χ4v) is 3.79. The minimum Gasteiger partial charge on any atom is -0.463 e. The van der Waals surface area contributed by atoms with Gasteiger partial charge in [0, 0.05) is 30.6 Å². The summed E-state index contributed by atoms with van der Waals surface area (Å²) in [7, 11) is 1.25. The summed E-state index contributed by atoms with van der Waals surface area (Å²) < 4.78 is 10.4. The smallest absolute Gasteiger partial charge is 0.376 e. The summed E-state index contributed by atoms with van der Waals surface area (Å²) in [4.78, 5) is 42.6. The van der Waals surface area contributed by atoms with Crippen LogP contribution in [-0.4, -0.2) is 58.6 Å². The molecule has 12 heteroatoms. The third-order valence-corrected chi connectivity index (χ3v) is 5.86. The Labute approximate surface area is 189 Å². The van der Waals surface area contributed by atoms with Gasteiger partial charge in [-0.25, -0.2) is 9.78 Å². The van der Waals surface area contributed by atoms with E-state index in [9.17, 15) is 9.59 Å². The molecule has 1 aliphatic carbocycles. The van der Waals surface area contributed by atoms with Gasteiger partial charge < -0.3 is 25.8 Å². The average molecular weight is 452 g/mol. The number of nitrogens with two attached hydrogens (primary N) is 2. The molecule has 4 rings (SSSR count). The molecule has 0 unspecified atom stereocenters. The highest BCUT2D eigenvalue weighted by molar-refractivity contribution is 5.95. The van der Waals surface area contributed by atoms with Crippen LogP contribution in [0.4, 0.5) is 11.6 Å². The molecule has 172 valence electrons. The first-order valence-electron chi connectivity index (χ1n) is 10.6. The van der Waals surface area contributed by atoms with Gasteiger partial charge in [0.15, 0.2) is 5.69 Å².